The van der Waals surface area contributed by atoms with Gasteiger partial charge in [-0.3, -0.25) is 14.6 Å². The minimum absolute atomic E-state index is 0.0151. The van der Waals surface area contributed by atoms with Crippen molar-refractivity contribution in [1.82, 2.24) is 14.8 Å². The van der Waals surface area contributed by atoms with Crippen LogP contribution in [0.25, 0.3) is 0 Å². The van der Waals surface area contributed by atoms with Crippen molar-refractivity contribution in [2.45, 2.75) is 45.4 Å². The van der Waals surface area contributed by atoms with Crippen molar-refractivity contribution in [2.75, 3.05) is 19.6 Å². The van der Waals surface area contributed by atoms with Gasteiger partial charge in [0.05, 0.1) is 19.3 Å². The second-order valence-electron chi connectivity index (χ2n) is 7.83. The lowest BCUT2D eigenvalue weighted by atomic mass is 10.1. The summed E-state index contributed by atoms with van der Waals surface area (Å²) in [5.41, 5.74) is 1.88. The Balaban J connectivity index is 1.65. The summed E-state index contributed by atoms with van der Waals surface area (Å²) in [6, 6.07) is 9.92. The van der Waals surface area contributed by atoms with Crippen molar-refractivity contribution in [3.63, 3.8) is 0 Å². The first-order valence-corrected chi connectivity index (χ1v) is 10.2. The molecular formula is C23H28FN3O3. The summed E-state index contributed by atoms with van der Waals surface area (Å²) in [5, 5.41) is 0. The zero-order valence-electron chi connectivity index (χ0n) is 17.5. The molecule has 1 aliphatic heterocycles. The number of benzene rings is 1. The molecule has 7 heteroatoms. The van der Waals surface area contributed by atoms with Crippen LogP contribution in [0.1, 0.15) is 31.4 Å². The van der Waals surface area contributed by atoms with Crippen LogP contribution in [0.3, 0.4) is 0 Å². The molecule has 0 saturated carbocycles. The van der Waals surface area contributed by atoms with E-state index < -0.39 is 0 Å². The molecule has 0 spiro atoms. The maximum Gasteiger partial charge on any atom is 0.242 e. The lowest BCUT2D eigenvalue weighted by Gasteiger charge is -2.27. The molecule has 0 bridgehead atoms. The smallest absolute Gasteiger partial charge is 0.242 e. The average molecular weight is 413 g/mol. The Morgan fingerprint density at radius 1 is 1.13 bits per heavy atom. The first kappa shape index (κ1) is 21.9. The summed E-state index contributed by atoms with van der Waals surface area (Å²) in [7, 11) is 0. The van der Waals surface area contributed by atoms with Crippen molar-refractivity contribution in [3.05, 3.63) is 65.7 Å². The number of halogens is 1. The highest BCUT2D eigenvalue weighted by atomic mass is 19.1. The van der Waals surface area contributed by atoms with Gasteiger partial charge in [0.25, 0.3) is 0 Å². The predicted molar refractivity (Wildman–Crippen MR) is 111 cm³/mol. The van der Waals surface area contributed by atoms with Gasteiger partial charge in [0.2, 0.25) is 11.8 Å². The molecule has 1 aromatic heterocycles. The van der Waals surface area contributed by atoms with E-state index in [4.69, 9.17) is 4.74 Å². The van der Waals surface area contributed by atoms with Crippen molar-refractivity contribution < 1.29 is 18.7 Å². The predicted octanol–water partition coefficient (Wildman–Crippen LogP) is 2.82. The third-order valence-corrected chi connectivity index (χ3v) is 5.22. The number of hydrogen-bond acceptors (Lipinski definition) is 4. The van der Waals surface area contributed by atoms with Gasteiger partial charge >= 0.3 is 0 Å². The maximum atomic E-state index is 13.1. The second kappa shape index (κ2) is 10.3. The van der Waals surface area contributed by atoms with Gasteiger partial charge in [0.1, 0.15) is 5.82 Å². The molecule has 2 heterocycles. The summed E-state index contributed by atoms with van der Waals surface area (Å²) < 4.78 is 19.2. The second-order valence-corrected chi connectivity index (χ2v) is 7.83. The average Bonchev–Trinajstić information content (AvgIpc) is 2.91. The molecule has 0 N–H and O–H groups in total. The quantitative estimate of drug-likeness (QED) is 0.700. The summed E-state index contributed by atoms with van der Waals surface area (Å²) in [6.07, 6.45) is 4.02. The van der Waals surface area contributed by atoms with E-state index in [1.54, 1.807) is 34.3 Å². The number of carbonyl (C=O) groups excluding carboxylic acids is 2. The summed E-state index contributed by atoms with van der Waals surface area (Å²) in [6.45, 7) is 5.04. The SMILES string of the molecule is CC(C)N1CC(OCc2ccc(F)cc2)CN(C(=O)CCc2ccncc2)CC1=O. The molecule has 1 saturated heterocycles. The number of amides is 2. The van der Waals surface area contributed by atoms with Crippen molar-refractivity contribution >= 4 is 11.8 Å². The topological polar surface area (TPSA) is 62.7 Å². The molecule has 0 radical (unpaired) electrons. The number of carbonyl (C=O) groups is 2. The minimum Gasteiger partial charge on any atom is -0.370 e. The Kier molecular flexibility index (Phi) is 7.52. The van der Waals surface area contributed by atoms with Gasteiger partial charge in [0.15, 0.2) is 0 Å². The van der Waals surface area contributed by atoms with Crippen LogP contribution in [-0.4, -0.2) is 58.4 Å². The summed E-state index contributed by atoms with van der Waals surface area (Å²) in [5.74, 6) is -0.438. The number of aromatic nitrogens is 1. The fraction of sp³-hybridized carbons (Fsp3) is 0.435. The molecule has 160 valence electrons. The zero-order valence-corrected chi connectivity index (χ0v) is 17.5. The Morgan fingerprint density at radius 3 is 2.50 bits per heavy atom. The Hall–Kier alpha value is -2.80. The molecule has 1 aliphatic rings. The summed E-state index contributed by atoms with van der Waals surface area (Å²) in [4.78, 5) is 32.9. The molecule has 30 heavy (non-hydrogen) atoms. The number of nitrogens with zero attached hydrogens (tertiary/aromatic N) is 3. The van der Waals surface area contributed by atoms with E-state index in [2.05, 4.69) is 4.98 Å². The van der Waals surface area contributed by atoms with E-state index in [0.29, 0.717) is 32.5 Å². The molecular weight excluding hydrogens is 385 g/mol. The number of hydrogen-bond donors (Lipinski definition) is 0. The highest BCUT2D eigenvalue weighted by Gasteiger charge is 2.31. The van der Waals surface area contributed by atoms with Crippen LogP contribution in [-0.2, 0) is 27.4 Å². The Morgan fingerprint density at radius 2 is 1.83 bits per heavy atom. The van der Waals surface area contributed by atoms with Gasteiger partial charge in [-0.15, -0.1) is 0 Å². The van der Waals surface area contributed by atoms with Gasteiger partial charge in [0, 0.05) is 37.9 Å². The van der Waals surface area contributed by atoms with Crippen LogP contribution in [0.4, 0.5) is 4.39 Å². The van der Waals surface area contributed by atoms with E-state index in [1.807, 2.05) is 26.0 Å². The van der Waals surface area contributed by atoms with Gasteiger partial charge in [-0.1, -0.05) is 12.1 Å². The van der Waals surface area contributed by atoms with Crippen LogP contribution in [0.2, 0.25) is 0 Å². The van der Waals surface area contributed by atoms with E-state index in [-0.39, 0.29) is 36.3 Å². The molecule has 1 fully saturated rings. The fourth-order valence-corrected chi connectivity index (χ4v) is 3.49. The highest BCUT2D eigenvalue weighted by molar-refractivity contribution is 5.85. The molecule has 2 aromatic rings. The number of pyridine rings is 1. The maximum absolute atomic E-state index is 13.1. The lowest BCUT2D eigenvalue weighted by Crippen LogP contribution is -2.42. The molecule has 1 unspecified atom stereocenters. The minimum atomic E-state index is -0.311. The standard InChI is InChI=1S/C23H28FN3O3/c1-17(2)27-14-21(30-16-19-3-6-20(24)7-4-19)13-26(15-23(27)29)22(28)8-5-18-9-11-25-12-10-18/h3-4,6-7,9-12,17,21H,5,8,13-16H2,1-2H3. The Bertz CT molecular complexity index is 843. The number of rotatable bonds is 7. The molecule has 3 rings (SSSR count). The van der Waals surface area contributed by atoms with Crippen LogP contribution in [0.15, 0.2) is 48.8 Å². The van der Waals surface area contributed by atoms with E-state index in [0.717, 1.165) is 11.1 Å². The largest absolute Gasteiger partial charge is 0.370 e. The van der Waals surface area contributed by atoms with Crippen molar-refractivity contribution in [2.24, 2.45) is 0 Å². The van der Waals surface area contributed by atoms with Crippen LogP contribution >= 0.6 is 0 Å². The van der Waals surface area contributed by atoms with Crippen molar-refractivity contribution in [3.8, 4) is 0 Å². The molecule has 1 atom stereocenters. The molecule has 6 nitrogen and oxygen atoms in total. The van der Waals surface area contributed by atoms with Crippen LogP contribution < -0.4 is 0 Å². The van der Waals surface area contributed by atoms with Gasteiger partial charge in [-0.25, -0.2) is 4.39 Å². The zero-order chi connectivity index (χ0) is 21.5. The third kappa shape index (κ3) is 6.10. The fourth-order valence-electron chi connectivity index (χ4n) is 3.49. The number of ether oxygens (including phenoxy) is 1. The number of aryl methyl sites for hydroxylation is 1. The lowest BCUT2D eigenvalue weighted by molar-refractivity contribution is -0.139. The van der Waals surface area contributed by atoms with Crippen molar-refractivity contribution in [1.29, 1.82) is 0 Å². The van der Waals surface area contributed by atoms with Gasteiger partial charge in [-0.2, -0.15) is 0 Å². The van der Waals surface area contributed by atoms with E-state index in [1.165, 1.54) is 12.1 Å². The first-order valence-electron chi connectivity index (χ1n) is 10.2. The van der Waals surface area contributed by atoms with E-state index >= 15 is 0 Å². The Labute approximate surface area is 176 Å². The highest BCUT2D eigenvalue weighted by Crippen LogP contribution is 2.15. The van der Waals surface area contributed by atoms with Gasteiger partial charge < -0.3 is 14.5 Å². The third-order valence-electron chi connectivity index (χ3n) is 5.22. The normalized spacial score (nSPS) is 17.3. The first-order chi connectivity index (χ1) is 14.4. The van der Waals surface area contributed by atoms with Crippen LogP contribution in [0.5, 0.6) is 0 Å². The van der Waals surface area contributed by atoms with E-state index in [9.17, 15) is 14.0 Å². The summed E-state index contributed by atoms with van der Waals surface area (Å²) >= 11 is 0. The molecule has 1 aromatic carbocycles. The monoisotopic (exact) mass is 413 g/mol. The van der Waals surface area contributed by atoms with Gasteiger partial charge in [-0.05, 0) is 55.7 Å². The van der Waals surface area contributed by atoms with Crippen LogP contribution in [0, 0.1) is 5.82 Å². The molecule has 0 aliphatic carbocycles. The molecule has 2 amide bonds.